The molecular weight excluding hydrogens is 929 g/mol. The van der Waals surface area contributed by atoms with Gasteiger partial charge in [0.25, 0.3) is 0 Å². The zero-order chi connectivity index (χ0) is 48.9. The summed E-state index contributed by atoms with van der Waals surface area (Å²) in [5.41, 5.74) is -13.3. The average molecular weight is 941 g/mol. The molecule has 0 N–H and O–H groups in total. The number of benzene rings is 5. The summed E-state index contributed by atoms with van der Waals surface area (Å²) in [6.07, 6.45) is -5.39. The number of fused-ring (bicyclic) bond motifs is 1. The number of aromatic nitrogens is 1. The van der Waals surface area contributed by atoms with Crippen molar-refractivity contribution in [2.75, 3.05) is 0 Å². The Balaban J connectivity index is 0.000000330. The van der Waals surface area contributed by atoms with Crippen molar-refractivity contribution in [1.82, 2.24) is 0 Å². The second-order valence-electron chi connectivity index (χ2n) is 13.1. The summed E-state index contributed by atoms with van der Waals surface area (Å²) in [6.45, 7) is 1.59. The van der Waals surface area contributed by atoms with E-state index in [9.17, 15) is 57.5 Å². The van der Waals surface area contributed by atoms with Crippen LogP contribution in [-0.4, -0.2) is 11.9 Å². The summed E-state index contributed by atoms with van der Waals surface area (Å²) < 4.78 is 296. The lowest BCUT2D eigenvalue weighted by atomic mass is 9.12. The molecule has 0 unspecified atom stereocenters. The molecule has 0 saturated carbocycles. The van der Waals surface area contributed by atoms with Gasteiger partial charge in [0.2, 0.25) is 5.52 Å². The number of carbonyl (C=O) groups is 1. The van der Waals surface area contributed by atoms with E-state index in [1.54, 1.807) is 12.1 Å². The third-order valence-electron chi connectivity index (χ3n) is 9.77. The van der Waals surface area contributed by atoms with Crippen molar-refractivity contribution in [3.63, 3.8) is 0 Å². The van der Waals surface area contributed by atoms with Gasteiger partial charge in [0.15, 0.2) is 88.3 Å². The third kappa shape index (κ3) is 7.53. The summed E-state index contributed by atoms with van der Waals surface area (Å²) in [6, 6.07) is 15.2. The Hall–Kier alpha value is -7.44. The molecule has 0 bridgehead atoms. The number of allylic oxidation sites excluding steroid dienone is 2. The molecule has 25 heteroatoms. The second-order valence-corrected chi connectivity index (χ2v) is 13.1. The van der Waals surface area contributed by atoms with Gasteiger partial charge in [0, 0.05) is 17.5 Å². The van der Waals surface area contributed by atoms with Crippen molar-refractivity contribution in [3.8, 4) is 12.1 Å². The maximum Gasteiger partial charge on any atom is 0.212 e. The van der Waals surface area contributed by atoms with Gasteiger partial charge in [-0.15, -0.1) is 21.9 Å². The highest BCUT2D eigenvalue weighted by molar-refractivity contribution is 7.20. The highest BCUT2D eigenvalue weighted by atomic mass is 19.2. The molecule has 0 spiro atoms. The topological polar surface area (TPSA) is 68.5 Å². The molecule has 0 aliphatic heterocycles. The summed E-state index contributed by atoms with van der Waals surface area (Å²) in [5.74, 6) is -71.7. The first-order valence-electron chi connectivity index (χ1n) is 17.0. The summed E-state index contributed by atoms with van der Waals surface area (Å²) in [7, 11) is 0. The molecule has 0 aliphatic rings. The van der Waals surface area contributed by atoms with Crippen LogP contribution in [-0.2, 0) is 11.3 Å². The smallest absolute Gasteiger partial charge is 0.212 e. The fourth-order valence-electron chi connectivity index (χ4n) is 6.93. The van der Waals surface area contributed by atoms with Gasteiger partial charge in [-0.1, -0.05) is 12.1 Å². The molecule has 1 heterocycles. The summed E-state index contributed by atoms with van der Waals surface area (Å²) >= 11 is 0. The fourth-order valence-corrected chi connectivity index (χ4v) is 6.93. The first-order valence-corrected chi connectivity index (χ1v) is 17.0. The lowest BCUT2D eigenvalue weighted by Crippen LogP contribution is -2.81. The molecule has 6 rings (SSSR count). The first kappa shape index (κ1) is 48.6. The number of para-hydroxylation sites is 1. The normalized spacial score (nSPS) is 11.2. The van der Waals surface area contributed by atoms with Crippen LogP contribution in [0.15, 0.2) is 53.7 Å². The number of halogens is 20. The van der Waals surface area contributed by atoms with E-state index in [2.05, 4.69) is 0 Å². The number of nitriles is 2. The van der Waals surface area contributed by atoms with Crippen LogP contribution in [0.5, 0.6) is 0 Å². The molecule has 5 aromatic carbocycles. The van der Waals surface area contributed by atoms with Crippen molar-refractivity contribution in [2.45, 2.75) is 13.5 Å². The van der Waals surface area contributed by atoms with Crippen LogP contribution in [0, 0.1) is 139 Å². The van der Waals surface area contributed by atoms with Gasteiger partial charge in [-0.2, -0.15) is 15.1 Å². The molecule has 0 aliphatic carbocycles. The van der Waals surface area contributed by atoms with Crippen LogP contribution < -0.4 is 26.4 Å². The number of hydrogen-bond acceptors (Lipinski definition) is 3. The van der Waals surface area contributed by atoms with Crippen LogP contribution in [0.3, 0.4) is 0 Å². The molecule has 0 saturated heterocycles. The highest BCUT2D eigenvalue weighted by Crippen LogP contribution is 2.31. The molecule has 0 radical (unpaired) electrons. The van der Waals surface area contributed by atoms with E-state index in [4.69, 9.17) is 10.5 Å². The van der Waals surface area contributed by atoms with Gasteiger partial charge in [0.1, 0.15) is 70.4 Å². The molecule has 6 aromatic rings. The van der Waals surface area contributed by atoms with Crippen molar-refractivity contribution in [3.05, 3.63) is 170 Å². The Morgan fingerprint density at radius 3 is 0.985 bits per heavy atom. The average Bonchev–Trinajstić information content (AvgIpc) is 3.29. The van der Waals surface area contributed by atoms with E-state index in [0.29, 0.717) is 0 Å². The van der Waals surface area contributed by atoms with Crippen LogP contribution in [0.2, 0.25) is 0 Å². The van der Waals surface area contributed by atoms with E-state index in [1.165, 1.54) is 6.92 Å². The van der Waals surface area contributed by atoms with Gasteiger partial charge >= 0.3 is 0 Å². The van der Waals surface area contributed by atoms with E-state index in [0.717, 1.165) is 10.9 Å². The Morgan fingerprint density at radius 1 is 0.446 bits per heavy atom. The lowest BCUT2D eigenvalue weighted by Gasteiger charge is -2.44. The highest BCUT2D eigenvalue weighted by Gasteiger charge is 2.52. The Kier molecular flexibility index (Phi) is 13.4. The number of ketones is 1. The Labute approximate surface area is 348 Å². The van der Waals surface area contributed by atoms with E-state index < -0.39 is 144 Å². The number of Topliss-reactive ketones (excluding diaryl/α,β-unsaturated/α-hetero) is 1. The van der Waals surface area contributed by atoms with Gasteiger partial charge in [-0.05, 0) is 19.1 Å². The standard InChI is InChI=1S/C24BF20.C16H12N3O/c26-5-1(6(27)14(35)21(42)13(5)34)25(2-7(28)15(36)22(43)16(37)8(2)29,3-9(30)17(38)23(44)18(39)10(3)31)4-11(32)19(40)24(45)20(41)12(4)33;1-12(20)15(14(9-17)10-18)11-19-8-4-6-13-5-2-3-7-16(13)19/h;2-8H,11H2,1H3/q-1;+1. The minimum absolute atomic E-state index is 0.127. The molecule has 336 valence electrons. The number of hydrogen-bond donors (Lipinski definition) is 0. The van der Waals surface area contributed by atoms with Crippen molar-refractivity contribution < 1.29 is 97.2 Å². The summed E-state index contributed by atoms with van der Waals surface area (Å²) in [5, 5.41) is 18.9. The minimum atomic E-state index is -7.22. The quantitative estimate of drug-likeness (QED) is 0.0311. The SMILES string of the molecule is CC(=O)C(C[n+]1cccc2ccccc21)=C(C#N)C#N.Fc1c(F)c(F)c([B-](c2c(F)c(F)c(F)c(F)c2F)(c2c(F)c(F)c(F)c(F)c2F)c2c(F)c(F)c(F)c(F)c2F)c(F)c1F. The predicted molar refractivity (Wildman–Crippen MR) is 182 cm³/mol. The first-order chi connectivity index (χ1) is 30.4. The van der Waals surface area contributed by atoms with E-state index in [1.807, 2.05) is 47.2 Å². The molecule has 0 atom stereocenters. The maximum atomic E-state index is 15.4. The van der Waals surface area contributed by atoms with Gasteiger partial charge in [-0.3, -0.25) is 4.79 Å². The Morgan fingerprint density at radius 2 is 0.708 bits per heavy atom. The van der Waals surface area contributed by atoms with Crippen molar-refractivity contribution in [1.29, 1.82) is 10.5 Å². The fraction of sp³-hybridized carbons (Fsp3) is 0.0500. The molecule has 4 nitrogen and oxygen atoms in total. The number of rotatable bonds is 7. The van der Waals surface area contributed by atoms with Crippen molar-refractivity contribution in [2.24, 2.45) is 0 Å². The lowest BCUT2D eigenvalue weighted by molar-refractivity contribution is -0.662. The van der Waals surface area contributed by atoms with E-state index in [-0.39, 0.29) is 23.5 Å². The van der Waals surface area contributed by atoms with Gasteiger partial charge in [0.05, 0.1) is 5.57 Å². The predicted octanol–water partition coefficient (Wildman–Crippen LogP) is 7.91. The van der Waals surface area contributed by atoms with Gasteiger partial charge < -0.3 is 0 Å². The molecule has 1 aromatic heterocycles. The van der Waals surface area contributed by atoms with Gasteiger partial charge in [-0.25, -0.2) is 87.8 Å². The number of carbonyl (C=O) groups excluding carboxylic acids is 1. The molecule has 65 heavy (non-hydrogen) atoms. The molecule has 0 fully saturated rings. The monoisotopic (exact) mass is 941 g/mol. The van der Waals surface area contributed by atoms with Crippen LogP contribution in [0.1, 0.15) is 6.92 Å². The van der Waals surface area contributed by atoms with Crippen LogP contribution in [0.25, 0.3) is 10.9 Å². The largest absolute Gasteiger partial charge is 0.295 e. The number of pyridine rings is 1. The van der Waals surface area contributed by atoms with Crippen molar-refractivity contribution >= 4 is 44.7 Å². The second kappa shape index (κ2) is 18.0. The number of nitrogens with zero attached hydrogens (tertiary/aromatic N) is 3. The Bertz CT molecular complexity index is 2740. The molecule has 0 amide bonds. The van der Waals surface area contributed by atoms with Crippen LogP contribution >= 0.6 is 0 Å². The van der Waals surface area contributed by atoms with E-state index >= 15 is 35.1 Å². The summed E-state index contributed by atoms with van der Waals surface area (Å²) in [4.78, 5) is 11.7. The van der Waals surface area contributed by atoms with Crippen LogP contribution in [0.4, 0.5) is 87.8 Å². The minimum Gasteiger partial charge on any atom is -0.295 e. The zero-order valence-corrected chi connectivity index (χ0v) is 31.1. The molecular formula is C40H12BF20N3O. The zero-order valence-electron chi connectivity index (χ0n) is 31.1. The maximum absolute atomic E-state index is 15.4. The third-order valence-corrected chi connectivity index (χ3v) is 9.77.